The zero-order valence-electron chi connectivity index (χ0n) is 21.7. The minimum absolute atomic E-state index is 0.0523. The van der Waals surface area contributed by atoms with Crippen molar-refractivity contribution in [3.8, 4) is 0 Å². The van der Waals surface area contributed by atoms with Gasteiger partial charge >= 0.3 is 0 Å². The molecule has 3 atom stereocenters. The zero-order valence-corrected chi connectivity index (χ0v) is 21.7. The van der Waals surface area contributed by atoms with E-state index in [0.29, 0.717) is 24.7 Å². The van der Waals surface area contributed by atoms with Crippen molar-refractivity contribution in [3.63, 3.8) is 0 Å². The average Bonchev–Trinajstić information content (AvgIpc) is 3.42. The van der Waals surface area contributed by atoms with E-state index in [-0.39, 0.29) is 36.2 Å². The molecule has 2 heterocycles. The number of nitrogens with zero attached hydrogens (tertiary/aromatic N) is 3. The van der Waals surface area contributed by atoms with Crippen LogP contribution in [0.15, 0.2) is 103 Å². The van der Waals surface area contributed by atoms with Gasteiger partial charge in [0.25, 0.3) is 5.91 Å². The SMILES string of the molecule is C[C@H](Nc1nccc(C(=O)N2C[C@H](OCc3ccccc3)C[C@H]2C(=O)Nc2ccccc2)n1)c1ccccc1. The van der Waals surface area contributed by atoms with Crippen molar-refractivity contribution in [2.45, 2.75) is 38.1 Å². The lowest BCUT2D eigenvalue weighted by Gasteiger charge is -2.23. The topological polar surface area (TPSA) is 96.5 Å². The number of hydrogen-bond acceptors (Lipinski definition) is 6. The first-order valence-corrected chi connectivity index (χ1v) is 13.0. The number of benzene rings is 3. The van der Waals surface area contributed by atoms with Crippen LogP contribution in [-0.4, -0.2) is 45.4 Å². The fraction of sp³-hybridized carbons (Fsp3) is 0.226. The van der Waals surface area contributed by atoms with E-state index in [4.69, 9.17) is 4.74 Å². The molecule has 0 unspecified atom stereocenters. The lowest BCUT2D eigenvalue weighted by molar-refractivity contribution is -0.119. The lowest BCUT2D eigenvalue weighted by atomic mass is 10.1. The lowest BCUT2D eigenvalue weighted by Crippen LogP contribution is -2.43. The maximum Gasteiger partial charge on any atom is 0.273 e. The molecule has 0 bridgehead atoms. The third-order valence-corrected chi connectivity index (χ3v) is 6.72. The molecule has 8 nitrogen and oxygen atoms in total. The molecule has 1 aliphatic heterocycles. The number of hydrogen-bond donors (Lipinski definition) is 2. The highest BCUT2D eigenvalue weighted by Gasteiger charge is 2.41. The van der Waals surface area contributed by atoms with Crippen LogP contribution < -0.4 is 10.6 Å². The summed E-state index contributed by atoms with van der Waals surface area (Å²) in [6, 6.07) is 29.8. The van der Waals surface area contributed by atoms with Crippen LogP contribution in [-0.2, 0) is 16.1 Å². The smallest absolute Gasteiger partial charge is 0.273 e. The third kappa shape index (κ3) is 6.66. The number of aromatic nitrogens is 2. The summed E-state index contributed by atoms with van der Waals surface area (Å²) in [5, 5.41) is 6.20. The molecule has 2 amide bonds. The Balaban J connectivity index is 1.32. The molecule has 0 aliphatic carbocycles. The molecule has 0 saturated carbocycles. The second-order valence-electron chi connectivity index (χ2n) is 9.53. The van der Waals surface area contributed by atoms with Gasteiger partial charge in [-0.25, -0.2) is 9.97 Å². The Hall–Kier alpha value is -4.56. The van der Waals surface area contributed by atoms with E-state index in [1.165, 1.54) is 0 Å². The fourth-order valence-electron chi connectivity index (χ4n) is 4.64. The summed E-state index contributed by atoms with van der Waals surface area (Å²) in [5.41, 5.74) is 3.00. The molecule has 4 aromatic rings. The Bertz CT molecular complexity index is 1390. The van der Waals surface area contributed by atoms with Gasteiger partial charge in [-0.3, -0.25) is 9.59 Å². The Morgan fingerprint density at radius 2 is 1.62 bits per heavy atom. The highest BCUT2D eigenvalue weighted by Crippen LogP contribution is 2.25. The molecular weight excluding hydrogens is 490 g/mol. The first-order valence-electron chi connectivity index (χ1n) is 13.0. The number of nitrogens with one attached hydrogen (secondary N) is 2. The number of carbonyl (C=O) groups is 2. The quantitative estimate of drug-likeness (QED) is 0.319. The highest BCUT2D eigenvalue weighted by atomic mass is 16.5. The number of amides is 2. The van der Waals surface area contributed by atoms with Crippen LogP contribution in [0.5, 0.6) is 0 Å². The Morgan fingerprint density at radius 3 is 2.33 bits per heavy atom. The molecule has 2 N–H and O–H groups in total. The molecule has 8 heteroatoms. The molecule has 0 radical (unpaired) electrons. The molecule has 1 aromatic heterocycles. The maximum absolute atomic E-state index is 13.7. The van der Waals surface area contributed by atoms with Gasteiger partial charge in [0, 0.05) is 24.8 Å². The number of likely N-dealkylation sites (tertiary alicyclic amines) is 1. The van der Waals surface area contributed by atoms with Crippen molar-refractivity contribution in [3.05, 3.63) is 120 Å². The molecule has 39 heavy (non-hydrogen) atoms. The van der Waals surface area contributed by atoms with E-state index < -0.39 is 6.04 Å². The van der Waals surface area contributed by atoms with E-state index >= 15 is 0 Å². The van der Waals surface area contributed by atoms with Crippen molar-refractivity contribution in [1.29, 1.82) is 0 Å². The van der Waals surface area contributed by atoms with Gasteiger partial charge in [0.05, 0.1) is 18.8 Å². The van der Waals surface area contributed by atoms with Crippen molar-refractivity contribution >= 4 is 23.5 Å². The summed E-state index contributed by atoms with van der Waals surface area (Å²) in [7, 11) is 0. The minimum atomic E-state index is -0.701. The molecule has 5 rings (SSSR count). The molecule has 0 spiro atoms. The number of ether oxygens (including phenoxy) is 1. The Labute approximate surface area is 228 Å². The van der Waals surface area contributed by atoms with Crippen molar-refractivity contribution in [1.82, 2.24) is 14.9 Å². The highest BCUT2D eigenvalue weighted by molar-refractivity contribution is 6.01. The van der Waals surface area contributed by atoms with Gasteiger partial charge in [-0.1, -0.05) is 78.9 Å². The monoisotopic (exact) mass is 521 g/mol. The van der Waals surface area contributed by atoms with Gasteiger partial charge < -0.3 is 20.3 Å². The van der Waals surface area contributed by atoms with Crippen LogP contribution in [0.3, 0.4) is 0 Å². The summed E-state index contributed by atoms with van der Waals surface area (Å²) in [6.45, 7) is 2.69. The summed E-state index contributed by atoms with van der Waals surface area (Å²) in [5.74, 6) is -0.254. The van der Waals surface area contributed by atoms with Crippen LogP contribution in [0.25, 0.3) is 0 Å². The molecular formula is C31H31N5O3. The largest absolute Gasteiger partial charge is 0.372 e. The Morgan fingerprint density at radius 1 is 0.949 bits per heavy atom. The Kier molecular flexibility index (Phi) is 8.23. The number of anilines is 2. The second kappa shape index (κ2) is 12.3. The van der Waals surface area contributed by atoms with Crippen molar-refractivity contribution in [2.75, 3.05) is 17.2 Å². The van der Waals surface area contributed by atoms with Gasteiger partial charge in [0.1, 0.15) is 11.7 Å². The van der Waals surface area contributed by atoms with Crippen LogP contribution >= 0.6 is 0 Å². The number of rotatable bonds is 9. The number of para-hydroxylation sites is 1. The van der Waals surface area contributed by atoms with E-state index in [9.17, 15) is 9.59 Å². The number of carbonyl (C=O) groups excluding carboxylic acids is 2. The standard InChI is InChI=1S/C31H31N5O3/c1-22(24-13-7-3-8-14-24)33-31-32-18-17-27(35-31)30(38)36-20-26(39-21-23-11-5-2-6-12-23)19-28(36)29(37)34-25-15-9-4-10-16-25/h2-18,22,26,28H,19-21H2,1H3,(H,34,37)(H,32,33,35)/t22-,26+,28-/m0/s1. The minimum Gasteiger partial charge on any atom is -0.372 e. The van der Waals surface area contributed by atoms with E-state index in [2.05, 4.69) is 20.6 Å². The normalized spacial score (nSPS) is 17.4. The summed E-state index contributed by atoms with van der Waals surface area (Å²) in [6.07, 6.45) is 1.65. The van der Waals surface area contributed by atoms with Gasteiger partial charge in [0.2, 0.25) is 11.9 Å². The van der Waals surface area contributed by atoms with Gasteiger partial charge in [-0.15, -0.1) is 0 Å². The van der Waals surface area contributed by atoms with Crippen LogP contribution in [0.4, 0.5) is 11.6 Å². The van der Waals surface area contributed by atoms with Crippen LogP contribution in [0.1, 0.15) is 41.0 Å². The zero-order chi connectivity index (χ0) is 27.0. The van der Waals surface area contributed by atoms with E-state index in [0.717, 1.165) is 11.1 Å². The maximum atomic E-state index is 13.7. The fourth-order valence-corrected chi connectivity index (χ4v) is 4.64. The summed E-state index contributed by atoms with van der Waals surface area (Å²) >= 11 is 0. The van der Waals surface area contributed by atoms with E-state index in [1.54, 1.807) is 17.2 Å². The predicted octanol–water partition coefficient (Wildman–Crippen LogP) is 5.09. The molecule has 1 saturated heterocycles. The molecule has 1 aliphatic rings. The first kappa shape index (κ1) is 26.1. The average molecular weight is 522 g/mol. The van der Waals surface area contributed by atoms with Gasteiger partial charge in [-0.05, 0) is 36.2 Å². The van der Waals surface area contributed by atoms with Crippen LogP contribution in [0.2, 0.25) is 0 Å². The van der Waals surface area contributed by atoms with Crippen LogP contribution in [0, 0.1) is 0 Å². The van der Waals surface area contributed by atoms with E-state index in [1.807, 2.05) is 97.9 Å². The predicted molar refractivity (Wildman–Crippen MR) is 150 cm³/mol. The van der Waals surface area contributed by atoms with Gasteiger partial charge in [0.15, 0.2) is 0 Å². The van der Waals surface area contributed by atoms with Gasteiger partial charge in [-0.2, -0.15) is 0 Å². The molecule has 198 valence electrons. The van der Waals surface area contributed by atoms with Crippen molar-refractivity contribution in [2.24, 2.45) is 0 Å². The summed E-state index contributed by atoms with van der Waals surface area (Å²) < 4.78 is 6.14. The summed E-state index contributed by atoms with van der Waals surface area (Å²) in [4.78, 5) is 37.4. The first-order chi connectivity index (χ1) is 19.1. The third-order valence-electron chi connectivity index (χ3n) is 6.72. The second-order valence-corrected chi connectivity index (χ2v) is 9.53. The van der Waals surface area contributed by atoms with Crippen molar-refractivity contribution < 1.29 is 14.3 Å². The molecule has 3 aromatic carbocycles. The molecule has 1 fully saturated rings.